The molecule has 4 nitrogen and oxygen atoms in total. The number of furan rings is 1. The van der Waals surface area contributed by atoms with Gasteiger partial charge in [0.2, 0.25) is 0 Å². The third-order valence-electron chi connectivity index (χ3n) is 3.50. The number of nitrogens with zero attached hydrogens (tertiary/aromatic N) is 2. The van der Waals surface area contributed by atoms with E-state index in [1.54, 1.807) is 6.20 Å². The van der Waals surface area contributed by atoms with Crippen LogP contribution in [0.15, 0.2) is 41.1 Å². The summed E-state index contributed by atoms with van der Waals surface area (Å²) in [5, 5.41) is 5.38. The molecule has 3 rings (SSSR count). The Balaban J connectivity index is 2.05. The molecule has 1 atom stereocenters. The van der Waals surface area contributed by atoms with Crippen molar-refractivity contribution in [1.29, 1.82) is 0 Å². The van der Waals surface area contributed by atoms with Crippen LogP contribution in [0.3, 0.4) is 0 Å². The van der Waals surface area contributed by atoms with Crippen LogP contribution in [0.1, 0.15) is 29.9 Å². The smallest absolute Gasteiger partial charge is 0.134 e. The standard InChI is InChI=1S/C15H17N3O/c1-3-18-9-11(8-17-18)14(16)15-10(2)12-6-4-5-7-13(12)19-15/h4-9,14H,3,16H2,1-2H3. The number of aromatic nitrogens is 2. The number of benzene rings is 1. The fraction of sp³-hybridized carbons (Fsp3) is 0.267. The Hall–Kier alpha value is -2.07. The highest BCUT2D eigenvalue weighted by molar-refractivity contribution is 5.82. The molecule has 1 aromatic carbocycles. The largest absolute Gasteiger partial charge is 0.459 e. The third-order valence-corrected chi connectivity index (χ3v) is 3.50. The van der Waals surface area contributed by atoms with Gasteiger partial charge in [-0.1, -0.05) is 18.2 Å². The maximum absolute atomic E-state index is 6.30. The molecular weight excluding hydrogens is 238 g/mol. The fourth-order valence-corrected chi connectivity index (χ4v) is 2.35. The lowest BCUT2D eigenvalue weighted by atomic mass is 10.0. The van der Waals surface area contributed by atoms with Crippen molar-refractivity contribution in [3.05, 3.63) is 53.5 Å². The summed E-state index contributed by atoms with van der Waals surface area (Å²) < 4.78 is 7.76. The molecule has 2 aromatic heterocycles. The fourth-order valence-electron chi connectivity index (χ4n) is 2.35. The van der Waals surface area contributed by atoms with Crippen LogP contribution in [0.5, 0.6) is 0 Å². The van der Waals surface area contributed by atoms with Gasteiger partial charge in [-0.25, -0.2) is 0 Å². The summed E-state index contributed by atoms with van der Waals surface area (Å²) in [6.07, 6.45) is 3.78. The first kappa shape index (κ1) is 12.0. The monoisotopic (exact) mass is 255 g/mol. The maximum Gasteiger partial charge on any atom is 0.134 e. The minimum absolute atomic E-state index is 0.271. The van der Waals surface area contributed by atoms with Gasteiger partial charge in [-0.05, 0) is 19.9 Å². The molecule has 0 aliphatic rings. The van der Waals surface area contributed by atoms with Gasteiger partial charge in [-0.3, -0.25) is 4.68 Å². The van der Waals surface area contributed by atoms with Crippen molar-refractivity contribution < 1.29 is 4.42 Å². The van der Waals surface area contributed by atoms with Crippen LogP contribution in [0.2, 0.25) is 0 Å². The van der Waals surface area contributed by atoms with E-state index in [1.165, 1.54) is 0 Å². The summed E-state index contributed by atoms with van der Waals surface area (Å²) in [5.74, 6) is 0.817. The zero-order valence-electron chi connectivity index (χ0n) is 11.1. The van der Waals surface area contributed by atoms with Gasteiger partial charge in [0.25, 0.3) is 0 Å². The molecular formula is C15H17N3O. The second-order valence-electron chi connectivity index (χ2n) is 4.69. The molecule has 0 saturated heterocycles. The van der Waals surface area contributed by atoms with Crippen molar-refractivity contribution in [1.82, 2.24) is 9.78 Å². The molecule has 0 amide bonds. The first-order chi connectivity index (χ1) is 9.20. The SMILES string of the molecule is CCn1cc(C(N)c2oc3ccccc3c2C)cn1. The molecule has 0 saturated carbocycles. The van der Waals surface area contributed by atoms with Crippen LogP contribution in [-0.2, 0) is 6.54 Å². The first-order valence-corrected chi connectivity index (χ1v) is 6.46. The van der Waals surface area contributed by atoms with Crippen molar-refractivity contribution in [2.24, 2.45) is 5.73 Å². The van der Waals surface area contributed by atoms with E-state index in [1.807, 2.05) is 36.0 Å². The Bertz CT molecular complexity index is 711. The molecule has 1 unspecified atom stereocenters. The Labute approximate surface area is 111 Å². The topological polar surface area (TPSA) is 57.0 Å². The predicted octanol–water partition coefficient (Wildman–Crippen LogP) is 3.01. The number of rotatable bonds is 3. The molecule has 0 fully saturated rings. The number of hydrogen-bond donors (Lipinski definition) is 1. The minimum Gasteiger partial charge on any atom is -0.459 e. The molecule has 2 N–H and O–H groups in total. The lowest BCUT2D eigenvalue weighted by Gasteiger charge is -2.07. The summed E-state index contributed by atoms with van der Waals surface area (Å²) in [7, 11) is 0. The summed E-state index contributed by atoms with van der Waals surface area (Å²) in [6, 6.07) is 7.73. The molecule has 0 bridgehead atoms. The number of nitrogens with two attached hydrogens (primary N) is 1. The van der Waals surface area contributed by atoms with Crippen molar-refractivity contribution in [3.8, 4) is 0 Å². The predicted molar refractivity (Wildman–Crippen MR) is 74.9 cm³/mol. The molecule has 98 valence electrons. The van der Waals surface area contributed by atoms with Crippen molar-refractivity contribution in [3.63, 3.8) is 0 Å². The van der Waals surface area contributed by atoms with Crippen LogP contribution in [0, 0.1) is 6.92 Å². The number of para-hydroxylation sites is 1. The van der Waals surface area contributed by atoms with E-state index >= 15 is 0 Å². The normalized spacial score (nSPS) is 13.0. The zero-order valence-corrected chi connectivity index (χ0v) is 11.1. The quantitative estimate of drug-likeness (QED) is 0.782. The molecule has 0 radical (unpaired) electrons. The Morgan fingerprint density at radius 1 is 1.37 bits per heavy atom. The van der Waals surface area contributed by atoms with Gasteiger partial charge in [-0.15, -0.1) is 0 Å². The minimum atomic E-state index is -0.271. The van der Waals surface area contributed by atoms with E-state index in [-0.39, 0.29) is 6.04 Å². The Morgan fingerprint density at radius 3 is 2.84 bits per heavy atom. The molecule has 2 heterocycles. The van der Waals surface area contributed by atoms with Crippen LogP contribution in [0.4, 0.5) is 0 Å². The molecule has 0 spiro atoms. The molecule has 4 heteroatoms. The van der Waals surface area contributed by atoms with E-state index < -0.39 is 0 Å². The van der Waals surface area contributed by atoms with E-state index in [9.17, 15) is 0 Å². The van der Waals surface area contributed by atoms with Crippen LogP contribution < -0.4 is 5.73 Å². The summed E-state index contributed by atoms with van der Waals surface area (Å²) in [5.41, 5.74) is 9.26. The Kier molecular flexibility index (Phi) is 2.87. The summed E-state index contributed by atoms with van der Waals surface area (Å²) in [6.45, 7) is 4.94. The van der Waals surface area contributed by atoms with Gasteiger partial charge >= 0.3 is 0 Å². The number of fused-ring (bicyclic) bond motifs is 1. The maximum atomic E-state index is 6.30. The van der Waals surface area contributed by atoms with Gasteiger partial charge < -0.3 is 10.2 Å². The number of hydrogen-bond acceptors (Lipinski definition) is 3. The zero-order chi connectivity index (χ0) is 13.4. The lowest BCUT2D eigenvalue weighted by Crippen LogP contribution is -2.11. The molecule has 0 aliphatic heterocycles. The molecule has 0 aliphatic carbocycles. The van der Waals surface area contributed by atoms with Crippen molar-refractivity contribution in [2.45, 2.75) is 26.4 Å². The van der Waals surface area contributed by atoms with E-state index in [0.717, 1.165) is 34.4 Å². The average Bonchev–Trinajstić information content (AvgIpc) is 3.04. The molecule has 3 aromatic rings. The second kappa shape index (κ2) is 4.55. The van der Waals surface area contributed by atoms with E-state index in [4.69, 9.17) is 10.2 Å². The van der Waals surface area contributed by atoms with Gasteiger partial charge in [0.15, 0.2) is 0 Å². The molecule has 19 heavy (non-hydrogen) atoms. The van der Waals surface area contributed by atoms with Gasteiger partial charge in [-0.2, -0.15) is 5.10 Å². The van der Waals surface area contributed by atoms with Crippen LogP contribution in [-0.4, -0.2) is 9.78 Å². The van der Waals surface area contributed by atoms with Crippen molar-refractivity contribution >= 4 is 11.0 Å². The highest BCUT2D eigenvalue weighted by atomic mass is 16.3. The number of aryl methyl sites for hydroxylation is 2. The van der Waals surface area contributed by atoms with Crippen LogP contribution >= 0.6 is 0 Å². The highest BCUT2D eigenvalue weighted by Gasteiger charge is 2.19. The van der Waals surface area contributed by atoms with Crippen molar-refractivity contribution in [2.75, 3.05) is 0 Å². The summed E-state index contributed by atoms with van der Waals surface area (Å²) >= 11 is 0. The first-order valence-electron chi connectivity index (χ1n) is 6.46. The third kappa shape index (κ3) is 1.94. The summed E-state index contributed by atoms with van der Waals surface area (Å²) in [4.78, 5) is 0. The average molecular weight is 255 g/mol. The van der Waals surface area contributed by atoms with Gasteiger partial charge in [0.05, 0.1) is 12.2 Å². The van der Waals surface area contributed by atoms with E-state index in [2.05, 4.69) is 18.1 Å². The van der Waals surface area contributed by atoms with Gasteiger partial charge in [0, 0.05) is 29.3 Å². The highest BCUT2D eigenvalue weighted by Crippen LogP contribution is 2.31. The second-order valence-corrected chi connectivity index (χ2v) is 4.69. The Morgan fingerprint density at radius 2 is 2.16 bits per heavy atom. The lowest BCUT2D eigenvalue weighted by molar-refractivity contribution is 0.521. The van der Waals surface area contributed by atoms with Crippen LogP contribution in [0.25, 0.3) is 11.0 Å². The van der Waals surface area contributed by atoms with Gasteiger partial charge in [0.1, 0.15) is 11.3 Å². The van der Waals surface area contributed by atoms with E-state index in [0.29, 0.717) is 0 Å².